The molecule has 0 aromatic carbocycles. The van der Waals surface area contributed by atoms with Gasteiger partial charge < -0.3 is 4.74 Å². The van der Waals surface area contributed by atoms with E-state index in [9.17, 15) is 4.79 Å². The lowest BCUT2D eigenvalue weighted by molar-refractivity contribution is -0.140. The number of aromatic nitrogens is 3. The van der Waals surface area contributed by atoms with Crippen LogP contribution in [0.2, 0.25) is 0 Å². The summed E-state index contributed by atoms with van der Waals surface area (Å²) in [6.45, 7) is 2.41. The third kappa shape index (κ3) is 4.31. The van der Waals surface area contributed by atoms with Gasteiger partial charge in [0.05, 0.1) is 23.7 Å². The lowest BCUT2D eigenvalue weighted by atomic mass is 10.3. The Kier molecular flexibility index (Phi) is 5.49. The lowest BCUT2D eigenvalue weighted by Crippen LogP contribution is -2.08. The Morgan fingerprint density at radius 2 is 2.10 bits per heavy atom. The van der Waals surface area contributed by atoms with E-state index in [1.807, 2.05) is 25.1 Å². The Morgan fingerprint density at radius 1 is 1.20 bits per heavy atom. The summed E-state index contributed by atoms with van der Waals surface area (Å²) in [7, 11) is 0. The fourth-order valence-electron chi connectivity index (χ4n) is 1.45. The van der Waals surface area contributed by atoms with E-state index in [1.165, 1.54) is 11.8 Å². The summed E-state index contributed by atoms with van der Waals surface area (Å²) >= 11 is 1.26. The summed E-state index contributed by atoms with van der Waals surface area (Å²) in [5.74, 6) is -0.0326. The summed E-state index contributed by atoms with van der Waals surface area (Å²) in [6.07, 6.45) is 4.20. The Labute approximate surface area is 121 Å². The summed E-state index contributed by atoms with van der Waals surface area (Å²) in [4.78, 5) is 24.2. The predicted molar refractivity (Wildman–Crippen MR) is 77.2 cm³/mol. The number of esters is 1. The molecule has 0 atom stereocenters. The normalized spacial score (nSPS) is 10.2. The van der Waals surface area contributed by atoms with Crippen LogP contribution in [0.5, 0.6) is 0 Å². The first-order chi connectivity index (χ1) is 9.79. The fraction of sp³-hybridized carbons (Fsp3) is 0.286. The van der Waals surface area contributed by atoms with E-state index in [0.29, 0.717) is 11.8 Å². The highest BCUT2D eigenvalue weighted by Crippen LogP contribution is 2.18. The molecule has 104 valence electrons. The number of pyridine rings is 1. The minimum Gasteiger partial charge on any atom is -0.465 e. The molecule has 20 heavy (non-hydrogen) atoms. The second kappa shape index (κ2) is 7.59. The largest absolute Gasteiger partial charge is 0.465 e. The Morgan fingerprint density at radius 3 is 2.85 bits per heavy atom. The molecule has 2 aromatic heterocycles. The maximum absolute atomic E-state index is 11.4. The van der Waals surface area contributed by atoms with Crippen molar-refractivity contribution >= 4 is 17.7 Å². The van der Waals surface area contributed by atoms with Crippen molar-refractivity contribution in [2.24, 2.45) is 0 Å². The van der Waals surface area contributed by atoms with Gasteiger partial charge in [0, 0.05) is 12.4 Å². The van der Waals surface area contributed by atoms with Crippen LogP contribution in [0.4, 0.5) is 0 Å². The molecule has 2 rings (SSSR count). The highest BCUT2D eigenvalue weighted by molar-refractivity contribution is 7.99. The van der Waals surface area contributed by atoms with Gasteiger partial charge in [-0.15, -0.1) is 0 Å². The standard InChI is InChI=1S/C14H15N3O2S/c1-2-9-19-13(18)10-20-14-16-8-6-12(17-14)11-5-3-4-7-15-11/h3-8H,2,9-10H2,1H3. The second-order valence-electron chi connectivity index (χ2n) is 3.95. The molecule has 0 saturated carbocycles. The van der Waals surface area contributed by atoms with Gasteiger partial charge in [0.15, 0.2) is 5.16 Å². The smallest absolute Gasteiger partial charge is 0.316 e. The Bertz CT molecular complexity index is 563. The number of hydrogen-bond acceptors (Lipinski definition) is 6. The van der Waals surface area contributed by atoms with Crippen LogP contribution in [-0.2, 0) is 9.53 Å². The van der Waals surface area contributed by atoms with Gasteiger partial charge in [-0.2, -0.15) is 0 Å². The van der Waals surface area contributed by atoms with Crippen LogP contribution in [0.1, 0.15) is 13.3 Å². The number of rotatable bonds is 6. The molecule has 2 aromatic rings. The molecule has 5 nitrogen and oxygen atoms in total. The molecule has 0 aliphatic heterocycles. The number of ether oxygens (including phenoxy) is 1. The fourth-order valence-corrected chi connectivity index (χ4v) is 2.08. The van der Waals surface area contributed by atoms with E-state index in [1.54, 1.807) is 18.5 Å². The van der Waals surface area contributed by atoms with Gasteiger partial charge in [-0.25, -0.2) is 9.97 Å². The van der Waals surface area contributed by atoms with E-state index in [4.69, 9.17) is 4.74 Å². The number of thioether (sulfide) groups is 1. The van der Waals surface area contributed by atoms with Crippen LogP contribution >= 0.6 is 11.8 Å². The van der Waals surface area contributed by atoms with Crippen molar-refractivity contribution in [3.63, 3.8) is 0 Å². The van der Waals surface area contributed by atoms with E-state index in [2.05, 4.69) is 15.0 Å². The maximum atomic E-state index is 11.4. The van der Waals surface area contributed by atoms with Crippen LogP contribution in [0.25, 0.3) is 11.4 Å². The molecule has 0 aliphatic rings. The predicted octanol–water partition coefficient (Wildman–Crippen LogP) is 2.58. The van der Waals surface area contributed by atoms with Crippen LogP contribution in [0.3, 0.4) is 0 Å². The number of hydrogen-bond donors (Lipinski definition) is 0. The molecule has 2 heterocycles. The third-order valence-electron chi connectivity index (χ3n) is 2.35. The third-order valence-corrected chi connectivity index (χ3v) is 3.18. The summed E-state index contributed by atoms with van der Waals surface area (Å²) in [5.41, 5.74) is 1.52. The molecule has 0 saturated heterocycles. The van der Waals surface area contributed by atoms with Gasteiger partial charge in [0.25, 0.3) is 0 Å². The van der Waals surface area contributed by atoms with Gasteiger partial charge >= 0.3 is 5.97 Å². The Balaban J connectivity index is 1.98. The second-order valence-corrected chi connectivity index (χ2v) is 4.89. The first kappa shape index (κ1) is 14.5. The molecule has 0 radical (unpaired) electrons. The minimum atomic E-state index is -0.247. The molecular weight excluding hydrogens is 274 g/mol. The topological polar surface area (TPSA) is 65.0 Å². The van der Waals surface area contributed by atoms with Crippen molar-refractivity contribution in [2.75, 3.05) is 12.4 Å². The van der Waals surface area contributed by atoms with Crippen LogP contribution in [-0.4, -0.2) is 33.3 Å². The molecule has 6 heteroatoms. The van der Waals surface area contributed by atoms with Crippen LogP contribution in [0, 0.1) is 0 Å². The van der Waals surface area contributed by atoms with Crippen molar-refractivity contribution < 1.29 is 9.53 Å². The van der Waals surface area contributed by atoms with Gasteiger partial charge in [0.1, 0.15) is 0 Å². The zero-order valence-corrected chi connectivity index (χ0v) is 12.0. The molecule has 0 N–H and O–H groups in total. The number of nitrogens with zero attached hydrogens (tertiary/aromatic N) is 3. The molecule has 0 bridgehead atoms. The summed E-state index contributed by atoms with van der Waals surface area (Å²) in [6, 6.07) is 7.43. The highest BCUT2D eigenvalue weighted by atomic mass is 32.2. The summed E-state index contributed by atoms with van der Waals surface area (Å²) < 4.78 is 5.00. The zero-order chi connectivity index (χ0) is 14.2. The van der Waals surface area contributed by atoms with E-state index < -0.39 is 0 Å². The van der Waals surface area contributed by atoms with E-state index in [0.717, 1.165) is 17.8 Å². The quantitative estimate of drug-likeness (QED) is 0.462. The molecule has 0 fully saturated rings. The number of carbonyl (C=O) groups is 1. The first-order valence-corrected chi connectivity index (χ1v) is 7.31. The van der Waals surface area contributed by atoms with Gasteiger partial charge in [-0.05, 0) is 24.6 Å². The lowest BCUT2D eigenvalue weighted by Gasteiger charge is -2.03. The van der Waals surface area contributed by atoms with Crippen molar-refractivity contribution in [3.8, 4) is 11.4 Å². The molecule has 0 unspecified atom stereocenters. The van der Waals surface area contributed by atoms with Gasteiger partial charge in [0.2, 0.25) is 0 Å². The first-order valence-electron chi connectivity index (χ1n) is 6.32. The van der Waals surface area contributed by atoms with Crippen molar-refractivity contribution in [2.45, 2.75) is 18.5 Å². The van der Waals surface area contributed by atoms with Gasteiger partial charge in [-0.3, -0.25) is 9.78 Å². The maximum Gasteiger partial charge on any atom is 0.316 e. The van der Waals surface area contributed by atoms with Crippen LogP contribution < -0.4 is 0 Å². The molecule has 0 spiro atoms. The Hall–Kier alpha value is -1.95. The average molecular weight is 289 g/mol. The monoisotopic (exact) mass is 289 g/mol. The van der Waals surface area contributed by atoms with Crippen LogP contribution in [0.15, 0.2) is 41.8 Å². The number of carbonyl (C=O) groups excluding carboxylic acids is 1. The average Bonchev–Trinajstić information content (AvgIpc) is 2.52. The van der Waals surface area contributed by atoms with Crippen molar-refractivity contribution in [3.05, 3.63) is 36.7 Å². The minimum absolute atomic E-state index is 0.214. The summed E-state index contributed by atoms with van der Waals surface area (Å²) in [5, 5.41) is 0.543. The molecule has 0 aliphatic carbocycles. The van der Waals surface area contributed by atoms with E-state index in [-0.39, 0.29) is 11.7 Å². The molecule has 0 amide bonds. The van der Waals surface area contributed by atoms with Crippen molar-refractivity contribution in [1.82, 2.24) is 15.0 Å². The molecular formula is C14H15N3O2S. The van der Waals surface area contributed by atoms with Gasteiger partial charge in [-0.1, -0.05) is 24.8 Å². The SMILES string of the molecule is CCCOC(=O)CSc1nccc(-c2ccccn2)n1. The van der Waals surface area contributed by atoms with Crippen molar-refractivity contribution in [1.29, 1.82) is 0 Å². The zero-order valence-electron chi connectivity index (χ0n) is 11.2. The van der Waals surface area contributed by atoms with E-state index >= 15 is 0 Å². The highest BCUT2D eigenvalue weighted by Gasteiger charge is 2.07.